The van der Waals surface area contributed by atoms with Crippen molar-refractivity contribution in [3.05, 3.63) is 107 Å². The molecule has 0 aromatic heterocycles. The van der Waals surface area contributed by atoms with E-state index in [9.17, 15) is 14.7 Å². The molecule has 2 fully saturated rings. The number of amides is 2. The van der Waals surface area contributed by atoms with Gasteiger partial charge in [-0.1, -0.05) is 85.7 Å². The molecule has 4 atom stereocenters. The van der Waals surface area contributed by atoms with Crippen molar-refractivity contribution < 1.29 is 19.4 Å². The van der Waals surface area contributed by atoms with Crippen LogP contribution in [0.25, 0.3) is 11.6 Å². The van der Waals surface area contributed by atoms with Gasteiger partial charge in [0.05, 0.1) is 30.2 Å². The first-order valence-corrected chi connectivity index (χ1v) is 14.4. The fourth-order valence-corrected chi connectivity index (χ4v) is 6.90. The Hall–Kier alpha value is -3.96. The van der Waals surface area contributed by atoms with Gasteiger partial charge in [-0.15, -0.1) is 0 Å². The van der Waals surface area contributed by atoms with Crippen LogP contribution in [-0.2, 0) is 14.3 Å². The molecule has 1 N–H and O–H groups in total. The molecule has 0 bridgehead atoms. The molecular formula is C35H35NO4. The maximum atomic E-state index is 13.7. The summed E-state index contributed by atoms with van der Waals surface area (Å²) in [6.45, 7) is 2.65. The van der Waals surface area contributed by atoms with Gasteiger partial charge in [0.15, 0.2) is 0 Å². The molecule has 0 saturated carbocycles. The van der Waals surface area contributed by atoms with Crippen molar-refractivity contribution in [3.63, 3.8) is 0 Å². The first kappa shape index (κ1) is 26.3. The highest BCUT2D eigenvalue weighted by Gasteiger charge is 2.57. The molecular weight excluding hydrogens is 498 g/mol. The molecule has 3 aromatic rings. The molecule has 5 nitrogen and oxygen atoms in total. The summed E-state index contributed by atoms with van der Waals surface area (Å²) in [6, 6.07) is 26.9. The minimum atomic E-state index is -0.357. The van der Waals surface area contributed by atoms with E-state index in [4.69, 9.17) is 4.74 Å². The minimum Gasteiger partial charge on any atom is -0.508 e. The summed E-state index contributed by atoms with van der Waals surface area (Å²) >= 11 is 0. The number of hydrogen-bond acceptors (Lipinski definition) is 4. The van der Waals surface area contributed by atoms with E-state index in [1.807, 2.05) is 60.7 Å². The number of phenolic OH excluding ortho intramolecular Hbond substituents is 1. The molecule has 40 heavy (non-hydrogen) atoms. The van der Waals surface area contributed by atoms with Gasteiger partial charge in [0.1, 0.15) is 5.75 Å². The molecule has 0 radical (unpaired) electrons. The lowest BCUT2D eigenvalue weighted by atomic mass is 9.68. The summed E-state index contributed by atoms with van der Waals surface area (Å²) in [5, 5.41) is 10.0. The number of aromatic hydroxyl groups is 1. The van der Waals surface area contributed by atoms with E-state index in [2.05, 4.69) is 25.1 Å². The van der Waals surface area contributed by atoms with Gasteiger partial charge < -0.3 is 9.84 Å². The van der Waals surface area contributed by atoms with Crippen LogP contribution in [-0.4, -0.2) is 29.6 Å². The van der Waals surface area contributed by atoms with Crippen molar-refractivity contribution in [2.24, 2.45) is 17.8 Å². The van der Waals surface area contributed by atoms with Gasteiger partial charge in [0, 0.05) is 5.92 Å². The number of carbonyl (C=O) groups excluding carboxylic acids is 2. The highest BCUT2D eigenvalue weighted by Crippen LogP contribution is 2.51. The molecule has 2 saturated heterocycles. The van der Waals surface area contributed by atoms with Crippen molar-refractivity contribution in [1.29, 1.82) is 0 Å². The van der Waals surface area contributed by atoms with E-state index in [0.29, 0.717) is 18.7 Å². The monoisotopic (exact) mass is 533 g/mol. The summed E-state index contributed by atoms with van der Waals surface area (Å²) in [4.78, 5) is 28.7. The number of fused-ring (bicyclic) bond motifs is 3. The maximum Gasteiger partial charge on any atom is 0.238 e. The zero-order valence-electron chi connectivity index (χ0n) is 22.8. The summed E-state index contributed by atoms with van der Waals surface area (Å²) in [5.41, 5.74) is 6.50. The Labute approximate surface area is 235 Å². The highest BCUT2D eigenvalue weighted by molar-refractivity contribution is 6.22. The predicted octanol–water partition coefficient (Wildman–Crippen LogP) is 7.03. The van der Waals surface area contributed by atoms with E-state index in [-0.39, 0.29) is 41.4 Å². The molecule has 204 valence electrons. The number of phenols is 1. The average Bonchev–Trinajstić information content (AvgIpc) is 3.50. The van der Waals surface area contributed by atoms with Crippen molar-refractivity contribution in [2.75, 3.05) is 11.5 Å². The Bertz CT molecular complexity index is 1460. The predicted molar refractivity (Wildman–Crippen MR) is 157 cm³/mol. The molecule has 6 rings (SSSR count). The van der Waals surface area contributed by atoms with Gasteiger partial charge in [0.25, 0.3) is 0 Å². The SMILES string of the molecule is CCCC1=C2[C@@H](CC/C(=C/c3cccc(O)c3)c3ccccc3)OC[C@@H]2[C@@H]2C(=O)N(c3ccccc3)C(=O)[C@@H]2C1. The first-order chi connectivity index (χ1) is 19.5. The van der Waals surface area contributed by atoms with Crippen LogP contribution in [0.15, 0.2) is 96.1 Å². The third-order valence-corrected chi connectivity index (χ3v) is 8.61. The number of ether oxygens (including phenoxy) is 1. The Kier molecular flexibility index (Phi) is 7.40. The van der Waals surface area contributed by atoms with Gasteiger partial charge in [-0.25, -0.2) is 0 Å². The van der Waals surface area contributed by atoms with Crippen molar-refractivity contribution in [3.8, 4) is 5.75 Å². The van der Waals surface area contributed by atoms with Gasteiger partial charge in [-0.2, -0.15) is 0 Å². The van der Waals surface area contributed by atoms with E-state index in [1.54, 1.807) is 12.1 Å². The smallest absolute Gasteiger partial charge is 0.238 e. The number of allylic oxidation sites excluding steroid dienone is 2. The van der Waals surface area contributed by atoms with Crippen LogP contribution in [0.4, 0.5) is 5.69 Å². The number of carbonyl (C=O) groups is 2. The third kappa shape index (κ3) is 4.90. The number of nitrogens with zero attached hydrogens (tertiary/aromatic N) is 1. The number of para-hydroxylation sites is 1. The first-order valence-electron chi connectivity index (χ1n) is 14.4. The molecule has 3 aliphatic rings. The normalized spacial score (nSPS) is 24.4. The van der Waals surface area contributed by atoms with E-state index >= 15 is 0 Å². The zero-order chi connectivity index (χ0) is 27.6. The Balaban J connectivity index is 1.28. The van der Waals surface area contributed by atoms with Crippen LogP contribution < -0.4 is 4.90 Å². The Morgan fingerprint density at radius 1 is 0.950 bits per heavy atom. The average molecular weight is 534 g/mol. The molecule has 0 spiro atoms. The van der Waals surface area contributed by atoms with Crippen LogP contribution in [0.1, 0.15) is 50.2 Å². The van der Waals surface area contributed by atoms with Gasteiger partial charge in [-0.3, -0.25) is 14.5 Å². The number of imide groups is 1. The fourth-order valence-electron chi connectivity index (χ4n) is 6.90. The van der Waals surface area contributed by atoms with E-state index in [1.165, 1.54) is 21.6 Å². The van der Waals surface area contributed by atoms with Crippen molar-refractivity contribution >= 4 is 29.2 Å². The molecule has 5 heteroatoms. The lowest BCUT2D eigenvalue weighted by Gasteiger charge is -2.32. The summed E-state index contributed by atoms with van der Waals surface area (Å²) in [6.07, 6.45) is 6.20. The summed E-state index contributed by atoms with van der Waals surface area (Å²) in [5.74, 6) is -0.629. The van der Waals surface area contributed by atoms with Crippen LogP contribution in [0.5, 0.6) is 5.75 Å². The molecule has 3 aromatic carbocycles. The Morgan fingerprint density at radius 2 is 1.70 bits per heavy atom. The summed E-state index contributed by atoms with van der Waals surface area (Å²) in [7, 11) is 0. The number of benzene rings is 3. The lowest BCUT2D eigenvalue weighted by molar-refractivity contribution is -0.122. The molecule has 2 aliphatic heterocycles. The second-order valence-electron chi connectivity index (χ2n) is 11.1. The van der Waals surface area contributed by atoms with Crippen LogP contribution in [0.2, 0.25) is 0 Å². The zero-order valence-corrected chi connectivity index (χ0v) is 22.8. The van der Waals surface area contributed by atoms with Gasteiger partial charge in [-0.05, 0) is 72.2 Å². The quantitative estimate of drug-likeness (QED) is 0.192. The third-order valence-electron chi connectivity index (χ3n) is 8.61. The molecule has 0 unspecified atom stereocenters. The van der Waals surface area contributed by atoms with Crippen LogP contribution in [0, 0.1) is 17.8 Å². The highest BCUT2D eigenvalue weighted by atomic mass is 16.5. The largest absolute Gasteiger partial charge is 0.508 e. The van der Waals surface area contributed by atoms with E-state index in [0.717, 1.165) is 36.8 Å². The second-order valence-corrected chi connectivity index (χ2v) is 11.1. The summed E-state index contributed by atoms with van der Waals surface area (Å²) < 4.78 is 6.46. The minimum absolute atomic E-state index is 0.0503. The van der Waals surface area contributed by atoms with Crippen LogP contribution in [0.3, 0.4) is 0 Å². The molecule has 2 amide bonds. The lowest BCUT2D eigenvalue weighted by Crippen LogP contribution is -2.34. The number of anilines is 1. The number of rotatable bonds is 8. The molecule has 1 aliphatic carbocycles. The maximum absolute atomic E-state index is 13.7. The van der Waals surface area contributed by atoms with Gasteiger partial charge >= 0.3 is 0 Å². The standard InChI is InChI=1S/C35H35NO4/c1-2-10-26-21-29-33(35(39)36(34(29)38)27-14-7-4-8-15-27)30-22-40-31(32(26)30)18-17-25(24-12-5-3-6-13-24)19-23-11-9-16-28(37)20-23/h3-9,11-16,19-20,29-31,33,37H,2,10,17-18,21-22H2,1H3/b25-19-/t29-,30+,31-,33-/m1/s1. The van der Waals surface area contributed by atoms with Crippen molar-refractivity contribution in [2.45, 2.75) is 45.1 Å². The second kappa shape index (κ2) is 11.3. The van der Waals surface area contributed by atoms with Crippen LogP contribution >= 0.6 is 0 Å². The van der Waals surface area contributed by atoms with Gasteiger partial charge in [0.2, 0.25) is 11.8 Å². The van der Waals surface area contributed by atoms with Crippen molar-refractivity contribution in [1.82, 2.24) is 0 Å². The molecule has 2 heterocycles. The Morgan fingerprint density at radius 3 is 2.42 bits per heavy atom. The fraction of sp³-hybridized carbons (Fsp3) is 0.314. The van der Waals surface area contributed by atoms with E-state index < -0.39 is 0 Å². The number of hydrogen-bond donors (Lipinski definition) is 1. The topological polar surface area (TPSA) is 66.8 Å².